The number of carbonyl (C=O) groups is 1. The van der Waals surface area contributed by atoms with E-state index in [0.717, 1.165) is 11.0 Å². The summed E-state index contributed by atoms with van der Waals surface area (Å²) >= 11 is 0. The summed E-state index contributed by atoms with van der Waals surface area (Å²) in [5, 5.41) is 2.84. The van der Waals surface area contributed by atoms with Crippen LogP contribution in [0.1, 0.15) is 24.2 Å². The number of aromatic amines is 1. The average molecular weight is 246 g/mol. The third-order valence-corrected chi connectivity index (χ3v) is 3.04. The Labute approximate surface area is 106 Å². The van der Waals surface area contributed by atoms with Crippen LogP contribution in [0.4, 0.5) is 0 Å². The van der Waals surface area contributed by atoms with Crippen molar-refractivity contribution in [1.82, 2.24) is 15.3 Å². The van der Waals surface area contributed by atoms with Gasteiger partial charge < -0.3 is 16.0 Å². The molecule has 0 saturated carbocycles. The van der Waals surface area contributed by atoms with Crippen molar-refractivity contribution >= 4 is 16.9 Å². The first-order valence-electron chi connectivity index (χ1n) is 6.05. The molecule has 0 aliphatic heterocycles. The Balaban J connectivity index is 2.04. The minimum Gasteiger partial charge on any atom is -0.350 e. The molecule has 18 heavy (non-hydrogen) atoms. The fourth-order valence-corrected chi connectivity index (χ4v) is 1.63. The molecule has 0 radical (unpaired) electrons. The highest BCUT2D eigenvalue weighted by Crippen LogP contribution is 2.11. The Hall–Kier alpha value is -1.88. The van der Waals surface area contributed by atoms with Crippen molar-refractivity contribution in [2.24, 2.45) is 11.7 Å². The van der Waals surface area contributed by atoms with Crippen molar-refractivity contribution < 1.29 is 4.79 Å². The maximum atomic E-state index is 11.9. The number of imidazole rings is 1. The molecule has 1 aromatic carbocycles. The number of nitrogens with zero attached hydrogens (tertiary/aromatic N) is 1. The van der Waals surface area contributed by atoms with E-state index in [4.69, 9.17) is 5.73 Å². The smallest absolute Gasteiger partial charge is 0.251 e. The highest BCUT2D eigenvalue weighted by atomic mass is 16.1. The van der Waals surface area contributed by atoms with Gasteiger partial charge in [0.2, 0.25) is 0 Å². The van der Waals surface area contributed by atoms with Gasteiger partial charge in [0.1, 0.15) is 0 Å². The minimum absolute atomic E-state index is 0.0233. The molecule has 0 spiro atoms. The Morgan fingerprint density at radius 3 is 3.00 bits per heavy atom. The van der Waals surface area contributed by atoms with Crippen molar-refractivity contribution in [3.05, 3.63) is 30.1 Å². The second-order valence-corrected chi connectivity index (χ2v) is 4.75. The van der Waals surface area contributed by atoms with Gasteiger partial charge in [0.25, 0.3) is 5.91 Å². The van der Waals surface area contributed by atoms with Crippen LogP contribution >= 0.6 is 0 Å². The number of amides is 1. The monoisotopic (exact) mass is 246 g/mol. The number of aromatic nitrogens is 2. The summed E-state index contributed by atoms with van der Waals surface area (Å²) in [4.78, 5) is 19.0. The van der Waals surface area contributed by atoms with Crippen molar-refractivity contribution in [2.45, 2.75) is 19.9 Å². The molecule has 0 saturated heterocycles. The molecular weight excluding hydrogens is 228 g/mol. The molecule has 2 rings (SSSR count). The summed E-state index contributed by atoms with van der Waals surface area (Å²) in [6.45, 7) is 4.55. The molecule has 4 N–H and O–H groups in total. The molecule has 1 heterocycles. The number of H-pyrrole nitrogens is 1. The molecular formula is C13H18N4O. The van der Waals surface area contributed by atoms with Gasteiger partial charge in [-0.05, 0) is 24.1 Å². The number of hydrogen-bond donors (Lipinski definition) is 3. The van der Waals surface area contributed by atoms with Crippen LogP contribution in [0.3, 0.4) is 0 Å². The molecule has 1 aromatic heterocycles. The van der Waals surface area contributed by atoms with Gasteiger partial charge in [-0.3, -0.25) is 4.79 Å². The van der Waals surface area contributed by atoms with Gasteiger partial charge in [-0.2, -0.15) is 0 Å². The van der Waals surface area contributed by atoms with Gasteiger partial charge in [0.15, 0.2) is 0 Å². The molecule has 0 fully saturated rings. The van der Waals surface area contributed by atoms with Crippen molar-refractivity contribution in [3.8, 4) is 0 Å². The van der Waals surface area contributed by atoms with Crippen LogP contribution in [0.15, 0.2) is 24.5 Å². The fraction of sp³-hybridized carbons (Fsp3) is 0.385. The second-order valence-electron chi connectivity index (χ2n) is 4.75. The van der Waals surface area contributed by atoms with Gasteiger partial charge in [-0.25, -0.2) is 4.98 Å². The van der Waals surface area contributed by atoms with Crippen LogP contribution in [-0.4, -0.2) is 28.5 Å². The number of hydrogen-bond acceptors (Lipinski definition) is 3. The first-order chi connectivity index (χ1) is 8.58. The van der Waals surface area contributed by atoms with Crippen LogP contribution in [0.25, 0.3) is 11.0 Å². The fourth-order valence-electron chi connectivity index (χ4n) is 1.63. The first-order valence-corrected chi connectivity index (χ1v) is 6.05. The van der Waals surface area contributed by atoms with E-state index in [-0.39, 0.29) is 11.9 Å². The van der Waals surface area contributed by atoms with Crippen LogP contribution in [0.5, 0.6) is 0 Å². The molecule has 2 aromatic rings. The average Bonchev–Trinajstić information content (AvgIpc) is 2.82. The molecule has 5 heteroatoms. The minimum atomic E-state index is -0.109. The summed E-state index contributed by atoms with van der Waals surface area (Å²) in [6, 6.07) is 5.35. The van der Waals surface area contributed by atoms with E-state index in [1.807, 2.05) is 19.9 Å². The zero-order valence-corrected chi connectivity index (χ0v) is 10.6. The maximum absolute atomic E-state index is 11.9. The SMILES string of the molecule is CC(C)C(N)CNC(=O)c1ccc2nc[nH]c2c1. The third kappa shape index (κ3) is 2.68. The Morgan fingerprint density at radius 1 is 1.50 bits per heavy atom. The largest absolute Gasteiger partial charge is 0.350 e. The predicted octanol–water partition coefficient (Wildman–Crippen LogP) is 1.28. The van der Waals surface area contributed by atoms with E-state index in [1.165, 1.54) is 0 Å². The lowest BCUT2D eigenvalue weighted by molar-refractivity contribution is 0.0949. The van der Waals surface area contributed by atoms with Gasteiger partial charge in [0.05, 0.1) is 17.4 Å². The summed E-state index contributed by atoms with van der Waals surface area (Å²) in [7, 11) is 0. The van der Waals surface area contributed by atoms with Gasteiger partial charge >= 0.3 is 0 Å². The van der Waals surface area contributed by atoms with E-state index in [1.54, 1.807) is 18.5 Å². The number of fused-ring (bicyclic) bond motifs is 1. The number of carbonyl (C=O) groups excluding carboxylic acids is 1. The number of rotatable bonds is 4. The van der Waals surface area contributed by atoms with Gasteiger partial charge in [-0.15, -0.1) is 0 Å². The van der Waals surface area contributed by atoms with E-state index in [9.17, 15) is 4.79 Å². The summed E-state index contributed by atoms with van der Waals surface area (Å²) in [5.74, 6) is 0.239. The summed E-state index contributed by atoms with van der Waals surface area (Å²) in [6.07, 6.45) is 1.61. The highest BCUT2D eigenvalue weighted by molar-refractivity contribution is 5.97. The Bertz CT molecular complexity index is 547. The maximum Gasteiger partial charge on any atom is 0.251 e. The molecule has 1 atom stereocenters. The molecule has 1 amide bonds. The molecule has 0 aliphatic carbocycles. The normalized spacial score (nSPS) is 12.9. The van der Waals surface area contributed by atoms with Gasteiger partial charge in [-0.1, -0.05) is 13.8 Å². The second kappa shape index (κ2) is 5.18. The van der Waals surface area contributed by atoms with Crippen molar-refractivity contribution in [1.29, 1.82) is 0 Å². The van der Waals surface area contributed by atoms with Crippen LogP contribution in [-0.2, 0) is 0 Å². The lowest BCUT2D eigenvalue weighted by Gasteiger charge is -2.16. The Kier molecular flexibility index (Phi) is 3.62. The van der Waals surface area contributed by atoms with E-state index in [2.05, 4.69) is 15.3 Å². The third-order valence-electron chi connectivity index (χ3n) is 3.04. The van der Waals surface area contributed by atoms with E-state index in [0.29, 0.717) is 18.0 Å². The Morgan fingerprint density at radius 2 is 2.28 bits per heavy atom. The lowest BCUT2D eigenvalue weighted by Crippen LogP contribution is -2.40. The quantitative estimate of drug-likeness (QED) is 0.759. The zero-order chi connectivity index (χ0) is 13.1. The molecule has 5 nitrogen and oxygen atoms in total. The lowest BCUT2D eigenvalue weighted by atomic mass is 10.1. The van der Waals surface area contributed by atoms with Crippen LogP contribution in [0.2, 0.25) is 0 Å². The molecule has 0 bridgehead atoms. The topological polar surface area (TPSA) is 83.8 Å². The number of nitrogens with one attached hydrogen (secondary N) is 2. The van der Waals surface area contributed by atoms with Gasteiger partial charge in [0, 0.05) is 18.2 Å². The molecule has 1 unspecified atom stereocenters. The predicted molar refractivity (Wildman–Crippen MR) is 71.2 cm³/mol. The molecule has 96 valence electrons. The summed E-state index contributed by atoms with van der Waals surface area (Å²) < 4.78 is 0. The van der Waals surface area contributed by atoms with Crippen LogP contribution in [0, 0.1) is 5.92 Å². The molecule has 0 aliphatic rings. The van der Waals surface area contributed by atoms with E-state index >= 15 is 0 Å². The van der Waals surface area contributed by atoms with Crippen molar-refractivity contribution in [2.75, 3.05) is 6.54 Å². The number of benzene rings is 1. The van der Waals surface area contributed by atoms with E-state index < -0.39 is 0 Å². The van der Waals surface area contributed by atoms with Crippen LogP contribution < -0.4 is 11.1 Å². The number of nitrogens with two attached hydrogens (primary N) is 1. The highest BCUT2D eigenvalue weighted by Gasteiger charge is 2.11. The zero-order valence-electron chi connectivity index (χ0n) is 10.6. The first kappa shape index (κ1) is 12.6. The summed E-state index contributed by atoms with van der Waals surface area (Å²) in [5.41, 5.74) is 8.21. The van der Waals surface area contributed by atoms with Crippen molar-refractivity contribution in [3.63, 3.8) is 0 Å². The standard InChI is InChI=1S/C13H18N4O/c1-8(2)10(14)6-15-13(18)9-3-4-11-12(5-9)17-7-16-11/h3-5,7-8,10H,6,14H2,1-2H3,(H,15,18)(H,16,17).